The zero-order valence-corrected chi connectivity index (χ0v) is 7.42. The van der Waals surface area contributed by atoms with Crippen molar-refractivity contribution >= 4 is 0 Å². The fraction of sp³-hybridized carbons (Fsp3) is 0.818. The van der Waals surface area contributed by atoms with Crippen LogP contribution in [0, 0.1) is 11.8 Å². The molecule has 0 saturated heterocycles. The van der Waals surface area contributed by atoms with Gasteiger partial charge in [0.25, 0.3) is 0 Å². The van der Waals surface area contributed by atoms with E-state index in [1.165, 1.54) is 44.1 Å². The second kappa shape index (κ2) is 2.35. The minimum Gasteiger partial charge on any atom is -0.388 e. The van der Waals surface area contributed by atoms with Gasteiger partial charge < -0.3 is 5.11 Å². The number of hydrogen-bond acceptors (Lipinski definition) is 1. The topological polar surface area (TPSA) is 20.2 Å². The summed E-state index contributed by atoms with van der Waals surface area (Å²) < 4.78 is 0. The fourth-order valence-electron chi connectivity index (χ4n) is 3.61. The monoisotopic (exact) mass is 164 g/mol. The zero-order chi connectivity index (χ0) is 8.13. The Bertz CT molecular complexity index is 241. The lowest BCUT2D eigenvalue weighted by Crippen LogP contribution is -2.18. The highest BCUT2D eigenvalue weighted by atomic mass is 16.3. The van der Waals surface area contributed by atoms with Gasteiger partial charge in [0, 0.05) is 0 Å². The first-order valence-electron chi connectivity index (χ1n) is 5.28. The second-order valence-corrected chi connectivity index (χ2v) is 4.55. The maximum atomic E-state index is 10.0. The van der Waals surface area contributed by atoms with Gasteiger partial charge >= 0.3 is 0 Å². The van der Waals surface area contributed by atoms with E-state index in [9.17, 15) is 5.11 Å². The third-order valence-corrected chi connectivity index (χ3v) is 4.08. The summed E-state index contributed by atoms with van der Waals surface area (Å²) in [7, 11) is 0. The van der Waals surface area contributed by atoms with E-state index in [4.69, 9.17) is 0 Å². The average molecular weight is 164 g/mol. The molecule has 0 bridgehead atoms. The molecule has 0 heterocycles. The molecule has 0 aromatic rings. The van der Waals surface area contributed by atoms with E-state index in [0.717, 1.165) is 5.92 Å². The molecule has 1 N–H and O–H groups in total. The number of fused-ring (bicyclic) bond motifs is 2. The number of aliphatic hydroxyl groups excluding tert-OH is 1. The Morgan fingerprint density at radius 2 is 1.83 bits per heavy atom. The molecule has 3 unspecified atom stereocenters. The Labute approximate surface area is 73.5 Å². The molecule has 1 heteroatoms. The molecule has 66 valence electrons. The number of allylic oxidation sites excluding steroid dienone is 1. The van der Waals surface area contributed by atoms with Crippen LogP contribution in [0.5, 0.6) is 0 Å². The van der Waals surface area contributed by atoms with Gasteiger partial charge in [-0.2, -0.15) is 0 Å². The smallest absolute Gasteiger partial charge is 0.0786 e. The molecule has 0 aliphatic heterocycles. The maximum Gasteiger partial charge on any atom is 0.0786 e. The first-order valence-corrected chi connectivity index (χ1v) is 5.28. The van der Waals surface area contributed by atoms with Crippen LogP contribution in [0.3, 0.4) is 0 Å². The summed E-state index contributed by atoms with van der Waals surface area (Å²) in [6.45, 7) is 0. The molecule has 12 heavy (non-hydrogen) atoms. The van der Waals surface area contributed by atoms with Gasteiger partial charge in [-0.3, -0.25) is 0 Å². The van der Waals surface area contributed by atoms with E-state index in [0.29, 0.717) is 5.92 Å². The minimum absolute atomic E-state index is 0.0324. The summed E-state index contributed by atoms with van der Waals surface area (Å²) >= 11 is 0. The van der Waals surface area contributed by atoms with E-state index in [-0.39, 0.29) is 6.10 Å². The molecule has 0 radical (unpaired) electrons. The Morgan fingerprint density at radius 3 is 2.75 bits per heavy atom. The van der Waals surface area contributed by atoms with Crippen LogP contribution in [0.15, 0.2) is 11.1 Å². The first kappa shape index (κ1) is 7.14. The van der Waals surface area contributed by atoms with Gasteiger partial charge in [-0.1, -0.05) is 12.0 Å². The van der Waals surface area contributed by atoms with E-state index in [1.54, 1.807) is 5.57 Å². The summed E-state index contributed by atoms with van der Waals surface area (Å²) in [5.41, 5.74) is 3.12. The van der Waals surface area contributed by atoms with Gasteiger partial charge in [0.1, 0.15) is 0 Å². The van der Waals surface area contributed by atoms with E-state index < -0.39 is 0 Å². The summed E-state index contributed by atoms with van der Waals surface area (Å²) in [6.07, 6.45) is 7.76. The van der Waals surface area contributed by atoms with Crippen molar-refractivity contribution in [2.45, 2.75) is 44.6 Å². The molecule has 3 aliphatic carbocycles. The lowest BCUT2D eigenvalue weighted by molar-refractivity contribution is 0.140. The summed E-state index contributed by atoms with van der Waals surface area (Å²) in [5.74, 6) is 1.44. The molecule has 3 atom stereocenters. The Balaban J connectivity index is 1.98. The maximum absolute atomic E-state index is 10.0. The largest absolute Gasteiger partial charge is 0.388 e. The molecule has 1 saturated carbocycles. The fourth-order valence-corrected chi connectivity index (χ4v) is 3.61. The third kappa shape index (κ3) is 0.731. The van der Waals surface area contributed by atoms with Crippen molar-refractivity contribution in [3.05, 3.63) is 11.1 Å². The van der Waals surface area contributed by atoms with Crippen LogP contribution in [0.25, 0.3) is 0 Å². The van der Waals surface area contributed by atoms with Gasteiger partial charge in [-0.05, 0) is 49.5 Å². The molecular weight excluding hydrogens is 148 g/mol. The van der Waals surface area contributed by atoms with Gasteiger partial charge in [0.05, 0.1) is 6.10 Å². The molecule has 3 aliphatic rings. The van der Waals surface area contributed by atoms with Gasteiger partial charge in [0.15, 0.2) is 0 Å². The van der Waals surface area contributed by atoms with E-state index >= 15 is 0 Å². The summed E-state index contributed by atoms with van der Waals surface area (Å²) in [6, 6.07) is 0. The van der Waals surface area contributed by atoms with Gasteiger partial charge in [-0.15, -0.1) is 0 Å². The summed E-state index contributed by atoms with van der Waals surface area (Å²) in [5, 5.41) is 10.0. The van der Waals surface area contributed by atoms with Gasteiger partial charge in [0.2, 0.25) is 0 Å². The van der Waals surface area contributed by atoms with Crippen LogP contribution in [0.2, 0.25) is 0 Å². The average Bonchev–Trinajstić information content (AvgIpc) is 2.72. The highest BCUT2D eigenvalue weighted by molar-refractivity contribution is 5.33. The molecule has 0 aromatic carbocycles. The lowest BCUT2D eigenvalue weighted by Gasteiger charge is -2.17. The second-order valence-electron chi connectivity index (χ2n) is 4.55. The standard InChI is InChI=1S/C11H16O/c12-11-9-5-1-3-7(9)8-4-2-6-10(8)11/h7,9,11-12H,1-6H2. The normalized spacial score (nSPS) is 45.2. The lowest BCUT2D eigenvalue weighted by atomic mass is 9.91. The van der Waals surface area contributed by atoms with Crippen molar-refractivity contribution in [2.75, 3.05) is 0 Å². The predicted octanol–water partition coefficient (Wildman–Crippen LogP) is 2.26. The number of hydrogen-bond donors (Lipinski definition) is 1. The van der Waals surface area contributed by atoms with Crippen LogP contribution in [0.1, 0.15) is 38.5 Å². The SMILES string of the molecule is OC1C2=C(CCC2)C2CCCC12. The first-order chi connectivity index (χ1) is 5.88. The van der Waals surface area contributed by atoms with Crippen molar-refractivity contribution in [3.8, 4) is 0 Å². The van der Waals surface area contributed by atoms with Crippen molar-refractivity contribution in [2.24, 2.45) is 11.8 Å². The zero-order valence-electron chi connectivity index (χ0n) is 7.42. The quantitative estimate of drug-likeness (QED) is 0.544. The van der Waals surface area contributed by atoms with Crippen molar-refractivity contribution in [1.82, 2.24) is 0 Å². The van der Waals surface area contributed by atoms with Crippen molar-refractivity contribution in [1.29, 1.82) is 0 Å². The molecule has 0 spiro atoms. The molecule has 3 rings (SSSR count). The third-order valence-electron chi connectivity index (χ3n) is 4.08. The van der Waals surface area contributed by atoms with Crippen molar-refractivity contribution in [3.63, 3.8) is 0 Å². The highest BCUT2D eigenvalue weighted by Gasteiger charge is 2.44. The Morgan fingerprint density at radius 1 is 1.00 bits per heavy atom. The Hall–Kier alpha value is -0.300. The predicted molar refractivity (Wildman–Crippen MR) is 47.7 cm³/mol. The molecule has 1 nitrogen and oxygen atoms in total. The van der Waals surface area contributed by atoms with Gasteiger partial charge in [-0.25, -0.2) is 0 Å². The minimum atomic E-state index is -0.0324. The number of aliphatic hydroxyl groups is 1. The molecule has 1 fully saturated rings. The van der Waals surface area contributed by atoms with E-state index in [2.05, 4.69) is 0 Å². The summed E-state index contributed by atoms with van der Waals surface area (Å²) in [4.78, 5) is 0. The van der Waals surface area contributed by atoms with Crippen LogP contribution in [0.4, 0.5) is 0 Å². The van der Waals surface area contributed by atoms with Crippen molar-refractivity contribution < 1.29 is 5.11 Å². The molecule has 0 aromatic heterocycles. The molecular formula is C11H16O. The van der Waals surface area contributed by atoms with Crippen LogP contribution >= 0.6 is 0 Å². The van der Waals surface area contributed by atoms with E-state index in [1.807, 2.05) is 0 Å². The highest BCUT2D eigenvalue weighted by Crippen LogP contribution is 2.52. The van der Waals surface area contributed by atoms with Crippen LogP contribution in [-0.4, -0.2) is 11.2 Å². The van der Waals surface area contributed by atoms with Crippen LogP contribution < -0.4 is 0 Å². The molecule has 0 amide bonds. The van der Waals surface area contributed by atoms with Crippen LogP contribution in [-0.2, 0) is 0 Å². The number of rotatable bonds is 0. The Kier molecular flexibility index (Phi) is 1.40.